The van der Waals surface area contributed by atoms with Gasteiger partial charge in [0.2, 0.25) is 0 Å². The lowest BCUT2D eigenvalue weighted by Gasteiger charge is -2.23. The SMILES string of the molecule is O=C(OCCc1ccc(C2CCNCC2)cc1)c1ccc2nc(Cl)c(Cl)nc2c1. The number of carbonyl (C=O) groups is 1. The average molecular weight is 430 g/mol. The second-order valence-corrected chi connectivity index (χ2v) is 7.88. The molecular weight excluding hydrogens is 409 g/mol. The number of nitrogens with one attached hydrogen (secondary N) is 1. The molecule has 1 N–H and O–H groups in total. The number of esters is 1. The molecule has 3 aromatic rings. The molecule has 1 saturated heterocycles. The van der Waals surface area contributed by atoms with Crippen LogP contribution in [0.1, 0.15) is 40.2 Å². The lowest BCUT2D eigenvalue weighted by atomic mass is 9.89. The van der Waals surface area contributed by atoms with Gasteiger partial charge in [-0.15, -0.1) is 0 Å². The maximum Gasteiger partial charge on any atom is 0.338 e. The summed E-state index contributed by atoms with van der Waals surface area (Å²) in [7, 11) is 0. The first-order valence-electron chi connectivity index (χ1n) is 9.69. The topological polar surface area (TPSA) is 64.1 Å². The zero-order valence-corrected chi connectivity index (χ0v) is 17.3. The van der Waals surface area contributed by atoms with E-state index >= 15 is 0 Å². The van der Waals surface area contributed by atoms with E-state index in [1.807, 2.05) is 0 Å². The van der Waals surface area contributed by atoms with Crippen LogP contribution in [-0.4, -0.2) is 35.6 Å². The zero-order valence-electron chi connectivity index (χ0n) is 15.8. The minimum Gasteiger partial charge on any atom is -0.462 e. The molecule has 0 spiro atoms. The monoisotopic (exact) mass is 429 g/mol. The first-order chi connectivity index (χ1) is 14.1. The Morgan fingerprint density at radius 3 is 2.41 bits per heavy atom. The van der Waals surface area contributed by atoms with E-state index in [1.54, 1.807) is 18.2 Å². The summed E-state index contributed by atoms with van der Waals surface area (Å²) in [6.07, 6.45) is 3.04. The number of ether oxygens (including phenoxy) is 1. The van der Waals surface area contributed by atoms with Gasteiger partial charge in [-0.3, -0.25) is 0 Å². The summed E-state index contributed by atoms with van der Waals surface area (Å²) < 4.78 is 5.43. The predicted octanol–water partition coefficient (Wildman–Crippen LogP) is 4.80. The lowest BCUT2D eigenvalue weighted by molar-refractivity contribution is 0.0509. The third-order valence-corrected chi connectivity index (χ3v) is 5.86. The van der Waals surface area contributed by atoms with Crippen molar-refractivity contribution < 1.29 is 9.53 Å². The van der Waals surface area contributed by atoms with Crippen molar-refractivity contribution in [2.24, 2.45) is 0 Å². The summed E-state index contributed by atoms with van der Waals surface area (Å²) in [6, 6.07) is 13.6. The van der Waals surface area contributed by atoms with Crippen LogP contribution in [0, 0.1) is 0 Å². The first kappa shape index (κ1) is 20.1. The fourth-order valence-electron chi connectivity index (χ4n) is 3.59. The van der Waals surface area contributed by atoms with Gasteiger partial charge in [0.1, 0.15) is 0 Å². The molecule has 2 heterocycles. The molecule has 150 valence electrons. The molecule has 1 aromatic heterocycles. The van der Waals surface area contributed by atoms with Crippen molar-refractivity contribution in [1.82, 2.24) is 15.3 Å². The van der Waals surface area contributed by atoms with E-state index in [0.29, 0.717) is 35.5 Å². The number of hydrogen-bond donors (Lipinski definition) is 1. The summed E-state index contributed by atoms with van der Waals surface area (Å²) >= 11 is 11.8. The number of nitrogens with zero attached hydrogens (tertiary/aromatic N) is 2. The first-order valence-corrected chi connectivity index (χ1v) is 10.5. The molecule has 2 aromatic carbocycles. The third kappa shape index (κ3) is 4.86. The Morgan fingerprint density at radius 2 is 1.69 bits per heavy atom. The van der Waals surface area contributed by atoms with Crippen LogP contribution in [0.4, 0.5) is 0 Å². The average Bonchev–Trinajstić information content (AvgIpc) is 2.75. The zero-order chi connectivity index (χ0) is 20.2. The predicted molar refractivity (Wildman–Crippen MR) is 115 cm³/mol. The quantitative estimate of drug-likeness (QED) is 0.589. The van der Waals surface area contributed by atoms with E-state index < -0.39 is 5.97 Å². The van der Waals surface area contributed by atoms with Crippen LogP contribution in [0.2, 0.25) is 10.3 Å². The van der Waals surface area contributed by atoms with Crippen molar-refractivity contribution in [3.63, 3.8) is 0 Å². The van der Waals surface area contributed by atoms with Gasteiger partial charge in [-0.05, 0) is 61.2 Å². The standard InChI is InChI=1S/C22H21Cl2N3O2/c23-20-21(24)27-19-13-17(5-6-18(19)26-20)22(28)29-12-9-14-1-3-15(4-2-14)16-7-10-25-11-8-16/h1-6,13,16,25H,7-12H2. The molecular formula is C22H21Cl2N3O2. The van der Waals surface area contributed by atoms with Gasteiger partial charge in [-0.2, -0.15) is 0 Å². The van der Waals surface area contributed by atoms with Gasteiger partial charge in [0, 0.05) is 6.42 Å². The number of aromatic nitrogens is 2. The van der Waals surface area contributed by atoms with Crippen LogP contribution in [0.3, 0.4) is 0 Å². The fraction of sp³-hybridized carbons (Fsp3) is 0.318. The Kier molecular flexibility index (Phi) is 6.28. The van der Waals surface area contributed by atoms with Crippen LogP contribution in [0.25, 0.3) is 11.0 Å². The van der Waals surface area contributed by atoms with Crippen LogP contribution in [-0.2, 0) is 11.2 Å². The van der Waals surface area contributed by atoms with Crippen LogP contribution >= 0.6 is 23.2 Å². The molecule has 0 bridgehead atoms. The highest BCUT2D eigenvalue weighted by molar-refractivity contribution is 6.40. The second-order valence-electron chi connectivity index (χ2n) is 7.16. The largest absolute Gasteiger partial charge is 0.462 e. The second kappa shape index (κ2) is 9.08. The molecule has 0 aliphatic carbocycles. The van der Waals surface area contributed by atoms with E-state index in [1.165, 1.54) is 18.4 Å². The van der Waals surface area contributed by atoms with E-state index in [-0.39, 0.29) is 10.3 Å². The van der Waals surface area contributed by atoms with E-state index in [9.17, 15) is 4.79 Å². The normalized spacial score (nSPS) is 14.8. The summed E-state index contributed by atoms with van der Waals surface area (Å²) in [5, 5.41) is 3.64. The number of halogens is 2. The van der Waals surface area contributed by atoms with Crippen molar-refractivity contribution >= 4 is 40.2 Å². The van der Waals surface area contributed by atoms with Gasteiger partial charge in [0.05, 0.1) is 23.2 Å². The van der Waals surface area contributed by atoms with E-state index in [4.69, 9.17) is 27.9 Å². The minimum absolute atomic E-state index is 0.109. The van der Waals surface area contributed by atoms with Crippen molar-refractivity contribution in [2.75, 3.05) is 19.7 Å². The highest BCUT2D eigenvalue weighted by Gasteiger charge is 2.15. The lowest BCUT2D eigenvalue weighted by Crippen LogP contribution is -2.26. The maximum atomic E-state index is 12.4. The number of rotatable bonds is 5. The summed E-state index contributed by atoms with van der Waals surface area (Å²) in [5.41, 5.74) is 4.03. The van der Waals surface area contributed by atoms with Gasteiger partial charge in [-0.25, -0.2) is 14.8 Å². The molecule has 5 nitrogen and oxygen atoms in total. The van der Waals surface area contributed by atoms with Crippen LogP contribution < -0.4 is 5.32 Å². The molecule has 29 heavy (non-hydrogen) atoms. The molecule has 0 saturated carbocycles. The summed E-state index contributed by atoms with van der Waals surface area (Å²) in [6.45, 7) is 2.49. The maximum absolute atomic E-state index is 12.4. The van der Waals surface area contributed by atoms with Gasteiger partial charge in [-0.1, -0.05) is 47.5 Å². The number of hydrogen-bond acceptors (Lipinski definition) is 5. The van der Waals surface area contributed by atoms with E-state index in [0.717, 1.165) is 18.7 Å². The molecule has 0 unspecified atom stereocenters. The van der Waals surface area contributed by atoms with Crippen molar-refractivity contribution in [3.8, 4) is 0 Å². The van der Waals surface area contributed by atoms with Gasteiger partial charge in [0.15, 0.2) is 10.3 Å². The van der Waals surface area contributed by atoms with Gasteiger partial charge < -0.3 is 10.1 Å². The molecule has 1 fully saturated rings. The van der Waals surface area contributed by atoms with Gasteiger partial charge in [0.25, 0.3) is 0 Å². The Balaban J connectivity index is 1.33. The van der Waals surface area contributed by atoms with Crippen LogP contribution in [0.5, 0.6) is 0 Å². The molecule has 4 rings (SSSR count). The molecule has 0 atom stereocenters. The smallest absolute Gasteiger partial charge is 0.338 e. The Morgan fingerprint density at radius 1 is 1.00 bits per heavy atom. The summed E-state index contributed by atoms with van der Waals surface area (Å²) in [4.78, 5) is 20.6. The summed E-state index contributed by atoms with van der Waals surface area (Å²) in [5.74, 6) is 0.244. The Hall–Kier alpha value is -2.21. The molecule has 7 heteroatoms. The molecule has 0 radical (unpaired) electrons. The van der Waals surface area contributed by atoms with Crippen molar-refractivity contribution in [2.45, 2.75) is 25.2 Å². The number of carbonyl (C=O) groups excluding carboxylic acids is 1. The van der Waals surface area contributed by atoms with Crippen molar-refractivity contribution in [3.05, 3.63) is 69.5 Å². The molecule has 0 amide bonds. The number of benzene rings is 2. The van der Waals surface area contributed by atoms with Crippen molar-refractivity contribution in [1.29, 1.82) is 0 Å². The van der Waals surface area contributed by atoms with Gasteiger partial charge >= 0.3 is 5.97 Å². The molecule has 1 aliphatic heterocycles. The van der Waals surface area contributed by atoms with Crippen LogP contribution in [0.15, 0.2) is 42.5 Å². The highest BCUT2D eigenvalue weighted by Crippen LogP contribution is 2.25. The Bertz CT molecular complexity index is 1020. The fourth-order valence-corrected chi connectivity index (χ4v) is 3.86. The Labute approximate surface area is 179 Å². The minimum atomic E-state index is -0.397. The molecule has 1 aliphatic rings. The third-order valence-electron chi connectivity index (χ3n) is 5.23. The van der Waals surface area contributed by atoms with E-state index in [2.05, 4.69) is 39.6 Å². The number of piperidine rings is 1. The number of fused-ring (bicyclic) bond motifs is 1. The highest BCUT2D eigenvalue weighted by atomic mass is 35.5.